The highest BCUT2D eigenvalue weighted by Gasteiger charge is 2.37. The summed E-state index contributed by atoms with van der Waals surface area (Å²) in [5, 5.41) is 2.15. The number of carbonyl (C=O) groups is 2. The van der Waals surface area contributed by atoms with E-state index in [2.05, 4.69) is 0 Å². The van der Waals surface area contributed by atoms with Crippen molar-refractivity contribution in [1.29, 1.82) is 0 Å². The third-order valence-corrected chi connectivity index (χ3v) is 4.66. The molecule has 1 aliphatic rings. The van der Waals surface area contributed by atoms with Crippen molar-refractivity contribution in [3.8, 4) is 5.75 Å². The van der Waals surface area contributed by atoms with Gasteiger partial charge in [-0.05, 0) is 34.5 Å². The Bertz CT molecular complexity index is 999. The smallest absolute Gasteiger partial charge is 0.265 e. The molecule has 0 saturated heterocycles. The van der Waals surface area contributed by atoms with E-state index >= 15 is 0 Å². The van der Waals surface area contributed by atoms with Crippen LogP contribution < -0.4 is 15.4 Å². The maximum absolute atomic E-state index is 12.8. The lowest BCUT2D eigenvalue weighted by molar-refractivity contribution is -0.125. The average Bonchev–Trinajstić information content (AvgIpc) is 3.06. The van der Waals surface area contributed by atoms with Crippen molar-refractivity contribution >= 4 is 28.3 Å². The topological polar surface area (TPSA) is 72.6 Å². The molecule has 2 amide bonds. The van der Waals surface area contributed by atoms with E-state index in [0.29, 0.717) is 12.2 Å². The molecule has 0 aromatic heterocycles. The molecule has 1 heterocycles. The lowest BCUT2D eigenvalue weighted by atomic mass is 10.1. The first kappa shape index (κ1) is 16.1. The van der Waals surface area contributed by atoms with Crippen molar-refractivity contribution in [2.45, 2.75) is 12.5 Å². The molecule has 130 valence electrons. The lowest BCUT2D eigenvalue weighted by Crippen LogP contribution is -2.47. The fourth-order valence-corrected chi connectivity index (χ4v) is 3.39. The number of hydrogen-bond donors (Lipinski definition) is 1. The fourth-order valence-electron chi connectivity index (χ4n) is 3.39. The molecule has 0 fully saturated rings. The van der Waals surface area contributed by atoms with Crippen LogP contribution in [-0.2, 0) is 16.0 Å². The Morgan fingerprint density at radius 2 is 1.73 bits per heavy atom. The number of rotatable bonds is 4. The van der Waals surface area contributed by atoms with Crippen LogP contribution in [0, 0.1) is 0 Å². The Morgan fingerprint density at radius 1 is 1.00 bits per heavy atom. The molecule has 0 aliphatic carbocycles. The summed E-state index contributed by atoms with van der Waals surface area (Å²) in [5.41, 5.74) is 7.17. The van der Waals surface area contributed by atoms with Gasteiger partial charge in [0.15, 0.2) is 6.61 Å². The minimum atomic E-state index is -0.667. The van der Waals surface area contributed by atoms with E-state index in [4.69, 9.17) is 10.5 Å². The van der Waals surface area contributed by atoms with Gasteiger partial charge in [0.1, 0.15) is 11.8 Å². The molecule has 0 spiro atoms. The molecule has 2 N–H and O–H groups in total. The third kappa shape index (κ3) is 2.88. The van der Waals surface area contributed by atoms with Gasteiger partial charge in [-0.25, -0.2) is 0 Å². The normalized spacial score (nSPS) is 15.7. The van der Waals surface area contributed by atoms with E-state index in [1.165, 1.54) is 4.90 Å². The van der Waals surface area contributed by atoms with Crippen molar-refractivity contribution in [3.05, 3.63) is 72.3 Å². The van der Waals surface area contributed by atoms with Gasteiger partial charge >= 0.3 is 0 Å². The molecular formula is C21H18N2O3. The average molecular weight is 346 g/mol. The standard InChI is InChI=1S/C21H18N2O3/c22-21(25)19-12-16-7-3-4-8-18(16)23(19)20(24)13-26-17-10-9-14-5-1-2-6-15(14)11-17/h1-11,19H,12-13H2,(H2,22,25)/t19-/m0/s1. The number of amides is 2. The summed E-state index contributed by atoms with van der Waals surface area (Å²) in [5.74, 6) is -0.188. The zero-order valence-electron chi connectivity index (χ0n) is 14.1. The molecule has 4 rings (SSSR count). The minimum absolute atomic E-state index is 0.156. The van der Waals surface area contributed by atoms with Crippen LogP contribution in [0.5, 0.6) is 5.75 Å². The summed E-state index contributed by atoms with van der Waals surface area (Å²) in [6.45, 7) is -0.156. The number of para-hydroxylation sites is 1. The molecule has 1 aliphatic heterocycles. The van der Waals surface area contributed by atoms with Crippen LogP contribution in [-0.4, -0.2) is 24.5 Å². The first-order chi connectivity index (χ1) is 12.6. The van der Waals surface area contributed by atoms with Crippen LogP contribution in [0.3, 0.4) is 0 Å². The minimum Gasteiger partial charge on any atom is -0.484 e. The van der Waals surface area contributed by atoms with Crippen LogP contribution in [0.25, 0.3) is 10.8 Å². The molecule has 3 aromatic rings. The van der Waals surface area contributed by atoms with Crippen LogP contribution in [0.1, 0.15) is 5.56 Å². The molecule has 5 nitrogen and oxygen atoms in total. The van der Waals surface area contributed by atoms with Gasteiger partial charge in [-0.1, -0.05) is 48.5 Å². The Morgan fingerprint density at radius 3 is 2.54 bits per heavy atom. The summed E-state index contributed by atoms with van der Waals surface area (Å²) < 4.78 is 5.69. The fraction of sp³-hybridized carbons (Fsp3) is 0.143. The summed E-state index contributed by atoms with van der Waals surface area (Å²) in [6.07, 6.45) is 0.438. The van der Waals surface area contributed by atoms with Crippen LogP contribution >= 0.6 is 0 Å². The number of fused-ring (bicyclic) bond motifs is 2. The third-order valence-electron chi connectivity index (χ3n) is 4.66. The van der Waals surface area contributed by atoms with E-state index in [-0.39, 0.29) is 12.5 Å². The second-order valence-electron chi connectivity index (χ2n) is 6.31. The number of nitrogens with two attached hydrogens (primary N) is 1. The molecule has 3 aromatic carbocycles. The van der Waals surface area contributed by atoms with E-state index in [1.54, 1.807) is 0 Å². The van der Waals surface area contributed by atoms with Crippen molar-refractivity contribution in [3.63, 3.8) is 0 Å². The second-order valence-corrected chi connectivity index (χ2v) is 6.31. The molecule has 26 heavy (non-hydrogen) atoms. The molecule has 0 bridgehead atoms. The summed E-state index contributed by atoms with van der Waals surface area (Å²) in [7, 11) is 0. The number of benzene rings is 3. The second kappa shape index (κ2) is 6.52. The zero-order valence-corrected chi connectivity index (χ0v) is 14.1. The predicted molar refractivity (Wildman–Crippen MR) is 100 cm³/mol. The first-order valence-corrected chi connectivity index (χ1v) is 8.44. The molecule has 0 saturated carbocycles. The molecule has 0 radical (unpaired) electrons. The van der Waals surface area contributed by atoms with Gasteiger partial charge in [0.2, 0.25) is 5.91 Å². The summed E-state index contributed by atoms with van der Waals surface area (Å²) in [4.78, 5) is 26.0. The summed E-state index contributed by atoms with van der Waals surface area (Å²) >= 11 is 0. The Balaban J connectivity index is 1.53. The quantitative estimate of drug-likeness (QED) is 0.789. The van der Waals surface area contributed by atoms with E-state index in [0.717, 1.165) is 22.0 Å². The van der Waals surface area contributed by atoms with Crippen molar-refractivity contribution in [2.24, 2.45) is 5.73 Å². The highest BCUT2D eigenvalue weighted by atomic mass is 16.5. The molecule has 0 unspecified atom stereocenters. The predicted octanol–water partition coefficient (Wildman–Crippen LogP) is 2.66. The maximum atomic E-state index is 12.8. The lowest BCUT2D eigenvalue weighted by Gasteiger charge is -2.23. The number of hydrogen-bond acceptors (Lipinski definition) is 3. The van der Waals surface area contributed by atoms with Crippen molar-refractivity contribution in [2.75, 3.05) is 11.5 Å². The highest BCUT2D eigenvalue weighted by molar-refractivity contribution is 6.03. The van der Waals surface area contributed by atoms with E-state index < -0.39 is 11.9 Å². The SMILES string of the molecule is NC(=O)[C@@H]1Cc2ccccc2N1C(=O)COc1ccc2ccccc2c1. The highest BCUT2D eigenvalue weighted by Crippen LogP contribution is 2.32. The van der Waals surface area contributed by atoms with Gasteiger partial charge in [0.25, 0.3) is 5.91 Å². The number of anilines is 1. The van der Waals surface area contributed by atoms with E-state index in [1.807, 2.05) is 66.7 Å². The number of carbonyl (C=O) groups excluding carboxylic acids is 2. The monoisotopic (exact) mass is 346 g/mol. The Kier molecular flexibility index (Phi) is 4.05. The van der Waals surface area contributed by atoms with Gasteiger partial charge in [-0.2, -0.15) is 0 Å². The number of primary amides is 1. The Hall–Kier alpha value is -3.34. The van der Waals surface area contributed by atoms with Crippen molar-refractivity contribution < 1.29 is 14.3 Å². The molecule has 1 atom stereocenters. The van der Waals surface area contributed by atoms with Gasteiger partial charge in [0, 0.05) is 12.1 Å². The van der Waals surface area contributed by atoms with Gasteiger partial charge < -0.3 is 10.5 Å². The maximum Gasteiger partial charge on any atom is 0.265 e. The van der Waals surface area contributed by atoms with Gasteiger partial charge in [-0.3, -0.25) is 14.5 Å². The first-order valence-electron chi connectivity index (χ1n) is 8.44. The van der Waals surface area contributed by atoms with Gasteiger partial charge in [0.05, 0.1) is 0 Å². The largest absolute Gasteiger partial charge is 0.484 e. The summed E-state index contributed by atoms with van der Waals surface area (Å²) in [6, 6.07) is 20.4. The van der Waals surface area contributed by atoms with E-state index in [9.17, 15) is 9.59 Å². The molecular weight excluding hydrogens is 328 g/mol. The van der Waals surface area contributed by atoms with Crippen LogP contribution in [0.2, 0.25) is 0 Å². The number of nitrogens with zero attached hydrogens (tertiary/aromatic N) is 1. The number of ether oxygens (including phenoxy) is 1. The van der Waals surface area contributed by atoms with Crippen LogP contribution in [0.4, 0.5) is 5.69 Å². The molecule has 5 heteroatoms. The van der Waals surface area contributed by atoms with Gasteiger partial charge in [-0.15, -0.1) is 0 Å². The Labute approximate surface area is 151 Å². The van der Waals surface area contributed by atoms with Crippen LogP contribution in [0.15, 0.2) is 66.7 Å². The van der Waals surface area contributed by atoms with Crippen molar-refractivity contribution in [1.82, 2.24) is 0 Å². The zero-order chi connectivity index (χ0) is 18.1.